The lowest BCUT2D eigenvalue weighted by Gasteiger charge is -2.35. The van der Waals surface area contributed by atoms with Crippen molar-refractivity contribution >= 4 is 45.9 Å². The molecule has 0 aromatic heterocycles. The molecule has 0 amide bonds. The fourth-order valence-electron chi connectivity index (χ4n) is 10.5. The first kappa shape index (κ1) is 36.1. The van der Waals surface area contributed by atoms with Crippen LogP contribution in [-0.2, 0) is 5.41 Å². The van der Waals surface area contributed by atoms with Crippen molar-refractivity contribution in [3.63, 3.8) is 0 Å². The van der Waals surface area contributed by atoms with Gasteiger partial charge in [-0.1, -0.05) is 202 Å². The highest BCUT2D eigenvalue weighted by Crippen LogP contribution is 2.51. The summed E-state index contributed by atoms with van der Waals surface area (Å²) in [4.78, 5) is 2.56. The highest BCUT2D eigenvalue weighted by molar-refractivity contribution is 7.22. The maximum absolute atomic E-state index is 2.80. The second-order valence-electron chi connectivity index (χ2n) is 16.9. The quantitative estimate of drug-likeness (QED) is 0.146. The van der Waals surface area contributed by atoms with Crippen molar-refractivity contribution in [3.8, 4) is 44.5 Å². The second kappa shape index (κ2) is 14.1. The van der Waals surface area contributed by atoms with Gasteiger partial charge < -0.3 is 4.90 Å². The van der Waals surface area contributed by atoms with Crippen LogP contribution < -0.4 is 25.6 Å². The Hall–Kier alpha value is -7.00. The maximum Gasteiger partial charge on any atom is 0.180 e. The molecular formula is C58H45NSi. The third-order valence-corrected chi connectivity index (χ3v) is 18.2. The highest BCUT2D eigenvalue weighted by atomic mass is 28.3. The van der Waals surface area contributed by atoms with Gasteiger partial charge in [0.15, 0.2) is 8.07 Å². The van der Waals surface area contributed by atoms with Crippen molar-refractivity contribution in [1.29, 1.82) is 0 Å². The van der Waals surface area contributed by atoms with Crippen molar-refractivity contribution < 1.29 is 0 Å². The molecule has 60 heavy (non-hydrogen) atoms. The number of rotatable bonds is 7. The van der Waals surface area contributed by atoms with Gasteiger partial charge in [0.05, 0.1) is 5.69 Å². The van der Waals surface area contributed by atoms with E-state index < -0.39 is 8.07 Å². The molecule has 1 aliphatic carbocycles. The average Bonchev–Trinajstić information content (AvgIpc) is 3.73. The van der Waals surface area contributed by atoms with Gasteiger partial charge in [-0.15, -0.1) is 0 Å². The highest BCUT2D eigenvalue weighted by Gasteiger charge is 2.49. The molecule has 0 spiro atoms. The predicted molar refractivity (Wildman–Crippen MR) is 257 cm³/mol. The molecule has 0 N–H and O–H groups in total. The Morgan fingerprint density at radius 3 is 1.58 bits per heavy atom. The van der Waals surface area contributed by atoms with Crippen molar-refractivity contribution in [1.82, 2.24) is 0 Å². The topological polar surface area (TPSA) is 3.24 Å². The van der Waals surface area contributed by atoms with Crippen LogP contribution >= 0.6 is 0 Å². The van der Waals surface area contributed by atoms with Crippen molar-refractivity contribution in [2.24, 2.45) is 0 Å². The molecule has 0 saturated heterocycles. The summed E-state index contributed by atoms with van der Waals surface area (Å²) in [5.74, 6) is 0. The van der Waals surface area contributed by atoms with Gasteiger partial charge in [-0.3, -0.25) is 0 Å². The number of aryl methyl sites for hydroxylation is 1. The van der Waals surface area contributed by atoms with Crippen LogP contribution in [0.1, 0.15) is 30.5 Å². The largest absolute Gasteiger partial charge is 0.310 e. The standard InChI is InChI=1S/C58H45NSi/c1-40-37-43(41-19-7-4-8-20-41)31-36-54(40)59(44-32-34-49-48-25-13-16-28-52(48)58(2,3)53(49)38-44)55-39-46(33-35-47(55)42-21-9-5-10-22-42)60(45-23-11-6-12-24-45)56-29-17-14-26-50(56)51-27-15-18-30-57(51)60/h4-39H,1-3H3. The second-order valence-corrected chi connectivity index (χ2v) is 20.6. The number of benzene rings is 9. The van der Waals surface area contributed by atoms with Crippen LogP contribution in [0, 0.1) is 6.92 Å². The number of anilines is 3. The molecule has 1 heterocycles. The number of nitrogens with zero attached hydrogens (tertiary/aromatic N) is 1. The molecule has 0 fully saturated rings. The normalized spacial score (nSPS) is 13.8. The minimum Gasteiger partial charge on any atom is -0.310 e. The minimum absolute atomic E-state index is 0.147. The zero-order valence-corrected chi connectivity index (χ0v) is 35.2. The van der Waals surface area contributed by atoms with E-state index in [0.29, 0.717) is 0 Å². The number of hydrogen-bond acceptors (Lipinski definition) is 1. The molecule has 2 aliphatic rings. The summed E-state index contributed by atoms with van der Waals surface area (Å²) in [5.41, 5.74) is 17.5. The van der Waals surface area contributed by atoms with Gasteiger partial charge in [-0.05, 0) is 114 Å². The van der Waals surface area contributed by atoms with Gasteiger partial charge in [-0.25, -0.2) is 0 Å². The monoisotopic (exact) mass is 783 g/mol. The molecule has 0 unspecified atom stereocenters. The fraction of sp³-hybridized carbons (Fsp3) is 0.0690. The Kier molecular flexibility index (Phi) is 8.47. The molecule has 11 rings (SSSR count). The third-order valence-electron chi connectivity index (χ3n) is 13.3. The van der Waals surface area contributed by atoms with Gasteiger partial charge in [0, 0.05) is 22.4 Å². The van der Waals surface area contributed by atoms with Gasteiger partial charge in [-0.2, -0.15) is 0 Å². The Morgan fingerprint density at radius 2 is 0.917 bits per heavy atom. The van der Waals surface area contributed by atoms with Crippen molar-refractivity contribution in [3.05, 3.63) is 235 Å². The molecular weight excluding hydrogens is 739 g/mol. The van der Waals surface area contributed by atoms with Crippen molar-refractivity contribution in [2.75, 3.05) is 4.90 Å². The maximum atomic E-state index is 2.57. The van der Waals surface area contributed by atoms with E-state index in [1.54, 1.807) is 0 Å². The summed E-state index contributed by atoms with van der Waals surface area (Å²) in [6.07, 6.45) is 0. The average molecular weight is 784 g/mol. The first-order chi connectivity index (χ1) is 29.4. The Labute approximate surface area is 354 Å². The van der Waals surface area contributed by atoms with E-state index in [2.05, 4.69) is 244 Å². The van der Waals surface area contributed by atoms with E-state index in [1.807, 2.05) is 0 Å². The lowest BCUT2D eigenvalue weighted by Crippen LogP contribution is -2.72. The summed E-state index contributed by atoms with van der Waals surface area (Å²) >= 11 is 0. The van der Waals surface area contributed by atoms with Crippen LogP contribution in [0.2, 0.25) is 0 Å². The van der Waals surface area contributed by atoms with Gasteiger partial charge in [0.2, 0.25) is 0 Å². The first-order valence-electron chi connectivity index (χ1n) is 21.1. The summed E-state index contributed by atoms with van der Waals surface area (Å²) < 4.78 is 0. The summed E-state index contributed by atoms with van der Waals surface area (Å²) in [5, 5.41) is 5.66. The van der Waals surface area contributed by atoms with E-state index in [9.17, 15) is 0 Å². The molecule has 1 aliphatic heterocycles. The van der Waals surface area contributed by atoms with E-state index in [0.717, 1.165) is 5.69 Å². The molecule has 9 aromatic rings. The Bertz CT molecular complexity index is 3030. The SMILES string of the molecule is Cc1cc(-c2ccccc2)ccc1N(c1ccc2c(c1)C(C)(C)c1ccccc1-2)c1cc([Si]2(c3ccccc3)c3ccccc3-c3ccccc32)ccc1-c1ccccc1. The Morgan fingerprint density at radius 1 is 0.367 bits per heavy atom. The molecule has 0 bridgehead atoms. The third kappa shape index (κ3) is 5.45. The molecule has 2 heteroatoms. The number of fused-ring (bicyclic) bond motifs is 6. The molecule has 1 nitrogen and oxygen atoms in total. The number of hydrogen-bond donors (Lipinski definition) is 0. The summed E-state index contributed by atoms with van der Waals surface area (Å²) in [6, 6.07) is 82.0. The van der Waals surface area contributed by atoms with Crippen LogP contribution in [0.5, 0.6) is 0 Å². The smallest absolute Gasteiger partial charge is 0.180 e. The molecule has 9 aromatic carbocycles. The summed E-state index contributed by atoms with van der Waals surface area (Å²) in [7, 11) is -2.80. The lowest BCUT2D eigenvalue weighted by molar-refractivity contribution is 0.660. The zero-order chi connectivity index (χ0) is 40.4. The van der Waals surface area contributed by atoms with Crippen molar-refractivity contribution in [2.45, 2.75) is 26.2 Å². The van der Waals surface area contributed by atoms with E-state index in [4.69, 9.17) is 0 Å². The van der Waals surface area contributed by atoms with Gasteiger partial charge in [0.1, 0.15) is 0 Å². The van der Waals surface area contributed by atoms with Crippen LogP contribution in [-0.4, -0.2) is 8.07 Å². The van der Waals surface area contributed by atoms with Crippen LogP contribution in [0.25, 0.3) is 44.5 Å². The van der Waals surface area contributed by atoms with Gasteiger partial charge >= 0.3 is 0 Å². The fourth-order valence-corrected chi connectivity index (χ4v) is 15.7. The van der Waals surface area contributed by atoms with E-state index in [-0.39, 0.29) is 5.41 Å². The lowest BCUT2D eigenvalue weighted by atomic mass is 9.82. The van der Waals surface area contributed by atoms with E-state index >= 15 is 0 Å². The predicted octanol–water partition coefficient (Wildman–Crippen LogP) is 12.5. The molecule has 0 radical (unpaired) electrons. The zero-order valence-electron chi connectivity index (χ0n) is 34.2. The van der Waals surface area contributed by atoms with Crippen LogP contribution in [0.15, 0.2) is 218 Å². The first-order valence-corrected chi connectivity index (χ1v) is 23.1. The molecule has 0 saturated carbocycles. The minimum atomic E-state index is -2.80. The Balaban J connectivity index is 1.22. The van der Waals surface area contributed by atoms with Crippen LogP contribution in [0.3, 0.4) is 0 Å². The van der Waals surface area contributed by atoms with Crippen LogP contribution in [0.4, 0.5) is 17.1 Å². The van der Waals surface area contributed by atoms with Gasteiger partial charge in [0.25, 0.3) is 0 Å². The summed E-state index contributed by atoms with van der Waals surface area (Å²) in [6.45, 7) is 7.04. The van der Waals surface area contributed by atoms with E-state index in [1.165, 1.54) is 93.3 Å². The molecule has 0 atom stereocenters. The molecule has 286 valence electrons.